The highest BCUT2D eigenvalue weighted by molar-refractivity contribution is 5.85. The minimum absolute atomic E-state index is 0. The summed E-state index contributed by atoms with van der Waals surface area (Å²) in [5, 5.41) is 4.75. The highest BCUT2D eigenvalue weighted by Crippen LogP contribution is 2.31. The fraction of sp³-hybridized carbons (Fsp3) is 0.318. The minimum Gasteiger partial charge on any atom is -0.496 e. The average molecular weight is 384 g/mol. The number of nitrogens with zero attached hydrogens (tertiary/aromatic N) is 2. The number of halogens is 1. The van der Waals surface area contributed by atoms with Crippen molar-refractivity contribution in [2.24, 2.45) is 0 Å². The van der Waals surface area contributed by atoms with Gasteiger partial charge in [-0.2, -0.15) is 0 Å². The maximum Gasteiger partial charge on any atom is 0.123 e. The molecule has 4 nitrogen and oxygen atoms in total. The van der Waals surface area contributed by atoms with Gasteiger partial charge in [-0.1, -0.05) is 30.3 Å². The monoisotopic (exact) mass is 383 g/mol. The smallest absolute Gasteiger partial charge is 0.123 e. The second-order valence-electron chi connectivity index (χ2n) is 6.92. The van der Waals surface area contributed by atoms with E-state index in [1.807, 2.05) is 24.4 Å². The summed E-state index contributed by atoms with van der Waals surface area (Å²) in [6, 6.07) is 17.4. The standard InChI is InChI=1S/C22H25N3O.ClH/c1-16-12-17(13-18-6-5-9-24-22(16)18)15-25-11-10-23-14-20(25)19-7-3-4-8-21(19)26-2;/h3-9,12-13,20,23H,10-11,14-15H2,1-2H3;1H. The molecule has 3 aromatic rings. The number of aryl methyl sites for hydroxylation is 1. The van der Waals surface area contributed by atoms with Gasteiger partial charge in [-0.05, 0) is 36.2 Å². The molecule has 0 spiro atoms. The van der Waals surface area contributed by atoms with Crippen LogP contribution in [0, 0.1) is 6.92 Å². The number of hydrogen-bond donors (Lipinski definition) is 1. The number of para-hydroxylation sites is 1. The van der Waals surface area contributed by atoms with E-state index >= 15 is 0 Å². The first-order valence-electron chi connectivity index (χ1n) is 9.18. The predicted molar refractivity (Wildman–Crippen MR) is 113 cm³/mol. The lowest BCUT2D eigenvalue weighted by atomic mass is 10.00. The fourth-order valence-electron chi connectivity index (χ4n) is 3.96. The summed E-state index contributed by atoms with van der Waals surface area (Å²) in [4.78, 5) is 7.06. The van der Waals surface area contributed by atoms with Gasteiger partial charge in [0.2, 0.25) is 0 Å². The number of ether oxygens (including phenoxy) is 1. The van der Waals surface area contributed by atoms with Gasteiger partial charge in [0, 0.05) is 43.3 Å². The molecule has 1 saturated heterocycles. The number of rotatable bonds is 4. The molecule has 0 saturated carbocycles. The molecular formula is C22H26ClN3O. The van der Waals surface area contributed by atoms with Crippen LogP contribution in [0.15, 0.2) is 54.7 Å². The number of hydrogen-bond acceptors (Lipinski definition) is 4. The summed E-state index contributed by atoms with van der Waals surface area (Å²) in [6.45, 7) is 6.05. The maximum atomic E-state index is 5.61. The van der Waals surface area contributed by atoms with E-state index in [1.165, 1.54) is 22.1 Å². The molecule has 4 rings (SSSR count). The van der Waals surface area contributed by atoms with Crippen molar-refractivity contribution in [3.8, 4) is 5.75 Å². The van der Waals surface area contributed by atoms with E-state index in [0.29, 0.717) is 6.04 Å². The zero-order valence-electron chi connectivity index (χ0n) is 15.8. The van der Waals surface area contributed by atoms with E-state index in [4.69, 9.17) is 4.74 Å². The molecule has 142 valence electrons. The normalized spacial score (nSPS) is 17.5. The summed E-state index contributed by atoms with van der Waals surface area (Å²) in [7, 11) is 1.75. The Morgan fingerprint density at radius 2 is 2.04 bits per heavy atom. The number of methoxy groups -OCH3 is 1. The Morgan fingerprint density at radius 3 is 2.89 bits per heavy atom. The van der Waals surface area contributed by atoms with Crippen molar-refractivity contribution in [1.82, 2.24) is 15.2 Å². The molecule has 1 unspecified atom stereocenters. The summed E-state index contributed by atoms with van der Waals surface area (Å²) in [5.74, 6) is 0.963. The van der Waals surface area contributed by atoms with E-state index in [-0.39, 0.29) is 12.4 Å². The van der Waals surface area contributed by atoms with Gasteiger partial charge in [0.25, 0.3) is 0 Å². The van der Waals surface area contributed by atoms with Gasteiger partial charge in [0.1, 0.15) is 5.75 Å². The van der Waals surface area contributed by atoms with Gasteiger partial charge in [-0.15, -0.1) is 12.4 Å². The van der Waals surface area contributed by atoms with Crippen molar-refractivity contribution >= 4 is 23.3 Å². The summed E-state index contributed by atoms with van der Waals surface area (Å²) < 4.78 is 5.61. The van der Waals surface area contributed by atoms with Crippen molar-refractivity contribution in [2.75, 3.05) is 26.7 Å². The zero-order valence-corrected chi connectivity index (χ0v) is 16.6. The second kappa shape index (κ2) is 8.70. The highest BCUT2D eigenvalue weighted by Gasteiger charge is 2.26. The first-order chi connectivity index (χ1) is 12.8. The minimum atomic E-state index is 0. The number of benzene rings is 2. The Kier molecular flexibility index (Phi) is 6.32. The molecule has 0 bridgehead atoms. The summed E-state index contributed by atoms with van der Waals surface area (Å²) in [6.07, 6.45) is 1.86. The molecule has 1 aromatic heterocycles. The molecule has 2 heterocycles. The zero-order chi connectivity index (χ0) is 17.9. The van der Waals surface area contributed by atoms with Crippen LogP contribution in [0.2, 0.25) is 0 Å². The molecule has 1 aliphatic heterocycles. The molecule has 1 atom stereocenters. The van der Waals surface area contributed by atoms with Crippen molar-refractivity contribution in [1.29, 1.82) is 0 Å². The van der Waals surface area contributed by atoms with E-state index in [1.54, 1.807) is 7.11 Å². The van der Waals surface area contributed by atoms with Crippen LogP contribution in [0.3, 0.4) is 0 Å². The van der Waals surface area contributed by atoms with E-state index in [0.717, 1.165) is 37.4 Å². The van der Waals surface area contributed by atoms with Gasteiger partial charge in [0.05, 0.1) is 18.7 Å². The molecule has 0 radical (unpaired) electrons. The Balaban J connectivity index is 0.00000210. The van der Waals surface area contributed by atoms with Crippen LogP contribution in [0.25, 0.3) is 10.9 Å². The molecule has 0 aliphatic carbocycles. The van der Waals surface area contributed by atoms with Crippen LogP contribution in [0.1, 0.15) is 22.7 Å². The lowest BCUT2D eigenvalue weighted by molar-refractivity contribution is 0.151. The third-order valence-electron chi connectivity index (χ3n) is 5.19. The number of aromatic nitrogens is 1. The Bertz CT molecular complexity index is 915. The first kappa shape index (κ1) is 19.6. The molecule has 1 fully saturated rings. The number of pyridine rings is 1. The Morgan fingerprint density at radius 1 is 1.19 bits per heavy atom. The number of piperazine rings is 1. The summed E-state index contributed by atoms with van der Waals surface area (Å²) in [5.41, 5.74) is 4.92. The van der Waals surface area contributed by atoms with E-state index < -0.39 is 0 Å². The Labute approximate surface area is 167 Å². The van der Waals surface area contributed by atoms with Crippen LogP contribution in [-0.4, -0.2) is 36.6 Å². The molecule has 1 N–H and O–H groups in total. The lowest BCUT2D eigenvalue weighted by Crippen LogP contribution is -2.45. The van der Waals surface area contributed by atoms with Crippen LogP contribution < -0.4 is 10.1 Å². The molecule has 5 heteroatoms. The van der Waals surface area contributed by atoms with Crippen molar-refractivity contribution in [2.45, 2.75) is 19.5 Å². The maximum absolute atomic E-state index is 5.61. The van der Waals surface area contributed by atoms with Crippen molar-refractivity contribution < 1.29 is 4.74 Å². The number of fused-ring (bicyclic) bond motifs is 1. The third kappa shape index (κ3) is 4.08. The average Bonchev–Trinajstić information content (AvgIpc) is 2.68. The highest BCUT2D eigenvalue weighted by atomic mass is 35.5. The third-order valence-corrected chi connectivity index (χ3v) is 5.19. The SMILES string of the molecule is COc1ccccc1C1CNCCN1Cc1cc(C)c2ncccc2c1.Cl. The van der Waals surface area contributed by atoms with E-state index in [9.17, 15) is 0 Å². The fourth-order valence-corrected chi connectivity index (χ4v) is 3.96. The lowest BCUT2D eigenvalue weighted by Gasteiger charge is -2.37. The molecule has 2 aromatic carbocycles. The van der Waals surface area contributed by atoms with E-state index in [2.05, 4.69) is 52.5 Å². The Hall–Kier alpha value is -2.14. The quantitative estimate of drug-likeness (QED) is 0.735. The predicted octanol–water partition coefficient (Wildman–Crippen LogP) is 4.12. The molecular weight excluding hydrogens is 358 g/mol. The van der Waals surface area contributed by atoms with Crippen LogP contribution in [-0.2, 0) is 6.54 Å². The topological polar surface area (TPSA) is 37.4 Å². The van der Waals surface area contributed by atoms with Gasteiger partial charge in [-0.3, -0.25) is 9.88 Å². The summed E-state index contributed by atoms with van der Waals surface area (Å²) >= 11 is 0. The number of nitrogens with one attached hydrogen (secondary N) is 1. The first-order valence-corrected chi connectivity index (χ1v) is 9.18. The molecule has 27 heavy (non-hydrogen) atoms. The van der Waals surface area contributed by atoms with Crippen molar-refractivity contribution in [3.05, 3.63) is 71.4 Å². The van der Waals surface area contributed by atoms with Gasteiger partial charge >= 0.3 is 0 Å². The largest absolute Gasteiger partial charge is 0.496 e. The van der Waals surface area contributed by atoms with Gasteiger partial charge in [0.15, 0.2) is 0 Å². The van der Waals surface area contributed by atoms with Gasteiger partial charge < -0.3 is 10.1 Å². The van der Waals surface area contributed by atoms with Crippen LogP contribution in [0.4, 0.5) is 0 Å². The van der Waals surface area contributed by atoms with Crippen LogP contribution in [0.5, 0.6) is 5.75 Å². The molecule has 1 aliphatic rings. The molecule has 0 amide bonds. The van der Waals surface area contributed by atoms with Crippen molar-refractivity contribution in [3.63, 3.8) is 0 Å². The second-order valence-corrected chi connectivity index (χ2v) is 6.92. The van der Waals surface area contributed by atoms with Crippen LogP contribution >= 0.6 is 12.4 Å². The van der Waals surface area contributed by atoms with Gasteiger partial charge in [-0.25, -0.2) is 0 Å².